The minimum Gasteiger partial charge on any atom is -0.390 e. The van der Waals surface area contributed by atoms with Crippen molar-refractivity contribution >= 4 is 0 Å². The SMILES string of the molecule is C=CC(C)(C)CCCC1(O)CC1CC. The van der Waals surface area contributed by atoms with E-state index in [1.807, 2.05) is 6.08 Å². The van der Waals surface area contributed by atoms with Crippen molar-refractivity contribution in [2.24, 2.45) is 11.3 Å². The van der Waals surface area contributed by atoms with E-state index in [2.05, 4.69) is 27.4 Å². The van der Waals surface area contributed by atoms with Crippen LogP contribution in [0.25, 0.3) is 0 Å². The van der Waals surface area contributed by atoms with Crippen LogP contribution in [0.2, 0.25) is 0 Å². The summed E-state index contributed by atoms with van der Waals surface area (Å²) in [7, 11) is 0. The third-order valence-corrected chi connectivity index (χ3v) is 3.68. The Hall–Kier alpha value is -0.300. The highest BCUT2D eigenvalue weighted by atomic mass is 16.3. The summed E-state index contributed by atoms with van der Waals surface area (Å²) in [6.07, 6.45) is 7.39. The van der Waals surface area contributed by atoms with Gasteiger partial charge in [-0.1, -0.05) is 33.3 Å². The summed E-state index contributed by atoms with van der Waals surface area (Å²) in [5.74, 6) is 0.578. The highest BCUT2D eigenvalue weighted by Crippen LogP contribution is 2.49. The highest BCUT2D eigenvalue weighted by molar-refractivity contribution is 5.02. The first-order valence-corrected chi connectivity index (χ1v) is 5.79. The lowest BCUT2D eigenvalue weighted by atomic mass is 9.86. The summed E-state index contributed by atoms with van der Waals surface area (Å²) in [5, 5.41) is 10.0. The summed E-state index contributed by atoms with van der Waals surface area (Å²) < 4.78 is 0. The fraction of sp³-hybridized carbons (Fsp3) is 0.846. The van der Waals surface area contributed by atoms with Crippen LogP contribution in [0.1, 0.15) is 52.9 Å². The molecule has 1 fully saturated rings. The molecule has 0 aromatic carbocycles. The monoisotopic (exact) mass is 196 g/mol. The summed E-state index contributed by atoms with van der Waals surface area (Å²) in [6.45, 7) is 10.4. The molecule has 2 atom stereocenters. The zero-order valence-corrected chi connectivity index (χ0v) is 9.84. The largest absolute Gasteiger partial charge is 0.390 e. The second kappa shape index (κ2) is 4.06. The maximum absolute atomic E-state index is 10.0. The molecule has 0 amide bonds. The highest BCUT2D eigenvalue weighted by Gasteiger charge is 2.50. The minimum absolute atomic E-state index is 0.229. The van der Waals surface area contributed by atoms with E-state index in [-0.39, 0.29) is 11.0 Å². The van der Waals surface area contributed by atoms with E-state index in [9.17, 15) is 5.11 Å². The van der Waals surface area contributed by atoms with Crippen LogP contribution in [-0.2, 0) is 0 Å². The Bertz CT molecular complexity index is 207. The van der Waals surface area contributed by atoms with Crippen molar-refractivity contribution in [2.45, 2.75) is 58.5 Å². The van der Waals surface area contributed by atoms with Crippen molar-refractivity contribution in [1.29, 1.82) is 0 Å². The molecule has 1 N–H and O–H groups in total. The number of hydrogen-bond donors (Lipinski definition) is 1. The van der Waals surface area contributed by atoms with Gasteiger partial charge in [0.05, 0.1) is 5.60 Å². The fourth-order valence-electron chi connectivity index (χ4n) is 2.15. The Morgan fingerprint density at radius 3 is 2.64 bits per heavy atom. The van der Waals surface area contributed by atoms with Gasteiger partial charge in [-0.05, 0) is 37.0 Å². The quantitative estimate of drug-likeness (QED) is 0.644. The minimum atomic E-state index is -0.300. The van der Waals surface area contributed by atoms with Gasteiger partial charge in [0, 0.05) is 0 Å². The van der Waals surface area contributed by atoms with Crippen molar-refractivity contribution in [3.8, 4) is 0 Å². The lowest BCUT2D eigenvalue weighted by molar-refractivity contribution is 0.114. The van der Waals surface area contributed by atoms with Gasteiger partial charge in [0.1, 0.15) is 0 Å². The Kier molecular flexibility index (Phi) is 3.41. The van der Waals surface area contributed by atoms with Gasteiger partial charge in [0.25, 0.3) is 0 Å². The van der Waals surface area contributed by atoms with E-state index in [4.69, 9.17) is 0 Å². The first-order chi connectivity index (χ1) is 6.43. The smallest absolute Gasteiger partial charge is 0.0680 e. The maximum atomic E-state index is 10.0. The molecule has 0 aromatic heterocycles. The summed E-state index contributed by atoms with van der Waals surface area (Å²) in [5.41, 5.74) is -0.0705. The summed E-state index contributed by atoms with van der Waals surface area (Å²) in [4.78, 5) is 0. The van der Waals surface area contributed by atoms with E-state index >= 15 is 0 Å². The molecule has 1 saturated carbocycles. The maximum Gasteiger partial charge on any atom is 0.0680 e. The molecule has 0 bridgehead atoms. The molecular formula is C13H24O. The standard InChI is InChI=1S/C13H24O/c1-5-11-10-13(11,14)9-7-8-12(3,4)6-2/h6,11,14H,2,5,7-10H2,1,3-4H3. The summed E-state index contributed by atoms with van der Waals surface area (Å²) >= 11 is 0. The number of hydrogen-bond acceptors (Lipinski definition) is 1. The van der Waals surface area contributed by atoms with Crippen molar-refractivity contribution < 1.29 is 5.11 Å². The average Bonchev–Trinajstić information content (AvgIpc) is 2.77. The number of rotatable bonds is 6. The normalized spacial score (nSPS) is 31.6. The van der Waals surface area contributed by atoms with Gasteiger partial charge in [0.15, 0.2) is 0 Å². The molecule has 0 aromatic rings. The van der Waals surface area contributed by atoms with Crippen LogP contribution in [0.3, 0.4) is 0 Å². The van der Waals surface area contributed by atoms with Crippen LogP contribution >= 0.6 is 0 Å². The molecule has 14 heavy (non-hydrogen) atoms. The Morgan fingerprint density at radius 2 is 2.21 bits per heavy atom. The van der Waals surface area contributed by atoms with Crippen LogP contribution in [0.15, 0.2) is 12.7 Å². The average molecular weight is 196 g/mol. The van der Waals surface area contributed by atoms with Crippen molar-refractivity contribution in [3.05, 3.63) is 12.7 Å². The van der Waals surface area contributed by atoms with E-state index < -0.39 is 0 Å². The molecule has 1 nitrogen and oxygen atoms in total. The molecule has 0 aliphatic heterocycles. The zero-order valence-electron chi connectivity index (χ0n) is 9.84. The van der Waals surface area contributed by atoms with E-state index in [0.29, 0.717) is 5.92 Å². The molecule has 1 heteroatoms. The van der Waals surface area contributed by atoms with Crippen molar-refractivity contribution in [2.75, 3.05) is 0 Å². The van der Waals surface area contributed by atoms with Gasteiger partial charge in [-0.2, -0.15) is 0 Å². The number of aliphatic hydroxyl groups is 1. The van der Waals surface area contributed by atoms with E-state index in [1.54, 1.807) is 0 Å². The van der Waals surface area contributed by atoms with Crippen LogP contribution in [-0.4, -0.2) is 10.7 Å². The van der Waals surface area contributed by atoms with Crippen molar-refractivity contribution in [3.63, 3.8) is 0 Å². The van der Waals surface area contributed by atoms with E-state index in [0.717, 1.165) is 32.1 Å². The van der Waals surface area contributed by atoms with E-state index in [1.165, 1.54) is 0 Å². The molecule has 82 valence electrons. The number of allylic oxidation sites excluding steroid dienone is 1. The van der Waals surface area contributed by atoms with Gasteiger partial charge in [-0.15, -0.1) is 6.58 Å². The van der Waals surface area contributed by atoms with Gasteiger partial charge in [-0.3, -0.25) is 0 Å². The fourth-order valence-corrected chi connectivity index (χ4v) is 2.15. The van der Waals surface area contributed by atoms with Crippen LogP contribution < -0.4 is 0 Å². The summed E-state index contributed by atoms with van der Waals surface area (Å²) in [6, 6.07) is 0. The second-order valence-electron chi connectivity index (χ2n) is 5.46. The van der Waals surface area contributed by atoms with Crippen LogP contribution in [0.4, 0.5) is 0 Å². The Balaban J connectivity index is 2.20. The van der Waals surface area contributed by atoms with Gasteiger partial charge in [0.2, 0.25) is 0 Å². The second-order valence-corrected chi connectivity index (χ2v) is 5.46. The molecule has 0 radical (unpaired) electrons. The molecule has 2 unspecified atom stereocenters. The van der Waals surface area contributed by atoms with Crippen LogP contribution in [0, 0.1) is 11.3 Å². The third kappa shape index (κ3) is 2.84. The lowest BCUT2D eigenvalue weighted by Crippen LogP contribution is -2.13. The van der Waals surface area contributed by atoms with Gasteiger partial charge in [-0.25, -0.2) is 0 Å². The Morgan fingerprint density at radius 1 is 1.57 bits per heavy atom. The lowest BCUT2D eigenvalue weighted by Gasteiger charge is -2.20. The Labute approximate surface area is 88.2 Å². The first-order valence-electron chi connectivity index (χ1n) is 5.79. The van der Waals surface area contributed by atoms with Gasteiger partial charge < -0.3 is 5.11 Å². The predicted octanol–water partition coefficient (Wildman–Crippen LogP) is 3.53. The zero-order chi connectivity index (χ0) is 10.8. The third-order valence-electron chi connectivity index (χ3n) is 3.68. The molecule has 1 aliphatic rings. The van der Waals surface area contributed by atoms with Crippen molar-refractivity contribution in [1.82, 2.24) is 0 Å². The molecular weight excluding hydrogens is 172 g/mol. The molecule has 0 heterocycles. The predicted molar refractivity (Wildman–Crippen MR) is 61.2 cm³/mol. The molecule has 1 rings (SSSR count). The first kappa shape index (κ1) is 11.8. The van der Waals surface area contributed by atoms with Gasteiger partial charge >= 0.3 is 0 Å². The molecule has 1 aliphatic carbocycles. The molecule has 0 saturated heterocycles. The molecule has 0 spiro atoms. The topological polar surface area (TPSA) is 20.2 Å². The van der Waals surface area contributed by atoms with Crippen LogP contribution in [0.5, 0.6) is 0 Å².